The Morgan fingerprint density at radius 2 is 2.32 bits per heavy atom. The summed E-state index contributed by atoms with van der Waals surface area (Å²) in [7, 11) is -2.83. The van der Waals surface area contributed by atoms with Crippen LogP contribution >= 0.6 is 0 Å². The molecule has 1 fully saturated rings. The minimum Gasteiger partial charge on any atom is -0.475 e. The molecule has 0 spiro atoms. The number of aromatic nitrogens is 2. The van der Waals surface area contributed by atoms with Crippen molar-refractivity contribution in [2.24, 2.45) is 5.92 Å². The minimum absolute atomic E-state index is 0.0581. The van der Waals surface area contributed by atoms with Crippen LogP contribution in [0.2, 0.25) is 0 Å². The Morgan fingerprint density at radius 1 is 1.53 bits per heavy atom. The Labute approximate surface area is 113 Å². The fraction of sp³-hybridized carbons (Fsp3) is 0.667. The SMILES string of the molecule is CC(C)Oc1ccnc(NCC2CCS(=O)(=O)C2)n1. The lowest BCUT2D eigenvalue weighted by atomic mass is 10.1. The van der Waals surface area contributed by atoms with Gasteiger partial charge in [0.15, 0.2) is 9.84 Å². The fourth-order valence-electron chi connectivity index (χ4n) is 2.00. The van der Waals surface area contributed by atoms with Crippen LogP contribution in [0.25, 0.3) is 0 Å². The molecule has 106 valence electrons. The molecule has 1 aliphatic heterocycles. The van der Waals surface area contributed by atoms with Gasteiger partial charge in [-0.25, -0.2) is 13.4 Å². The van der Waals surface area contributed by atoms with E-state index in [4.69, 9.17) is 4.74 Å². The monoisotopic (exact) mass is 285 g/mol. The summed E-state index contributed by atoms with van der Waals surface area (Å²) in [6.45, 7) is 4.43. The molecule has 2 heterocycles. The van der Waals surface area contributed by atoms with E-state index in [2.05, 4.69) is 15.3 Å². The van der Waals surface area contributed by atoms with Gasteiger partial charge in [0.2, 0.25) is 11.8 Å². The van der Waals surface area contributed by atoms with Crippen LogP contribution in [0.3, 0.4) is 0 Å². The van der Waals surface area contributed by atoms with Crippen molar-refractivity contribution in [3.8, 4) is 5.88 Å². The molecule has 0 bridgehead atoms. The summed E-state index contributed by atoms with van der Waals surface area (Å²) in [5.41, 5.74) is 0. The van der Waals surface area contributed by atoms with E-state index >= 15 is 0 Å². The Balaban J connectivity index is 1.89. The first-order chi connectivity index (χ1) is 8.94. The highest BCUT2D eigenvalue weighted by Crippen LogP contribution is 2.19. The molecule has 0 aliphatic carbocycles. The summed E-state index contributed by atoms with van der Waals surface area (Å²) in [5, 5.41) is 3.07. The lowest BCUT2D eigenvalue weighted by Gasteiger charge is -2.11. The normalized spacial score (nSPS) is 21.5. The van der Waals surface area contributed by atoms with E-state index in [1.807, 2.05) is 13.8 Å². The molecule has 1 saturated heterocycles. The van der Waals surface area contributed by atoms with E-state index in [0.717, 1.165) is 0 Å². The molecule has 1 aromatic rings. The summed E-state index contributed by atoms with van der Waals surface area (Å²) < 4.78 is 28.2. The van der Waals surface area contributed by atoms with Crippen LogP contribution in [0.4, 0.5) is 5.95 Å². The van der Waals surface area contributed by atoms with Gasteiger partial charge in [0, 0.05) is 18.8 Å². The lowest BCUT2D eigenvalue weighted by molar-refractivity contribution is 0.232. The van der Waals surface area contributed by atoms with E-state index in [9.17, 15) is 8.42 Å². The smallest absolute Gasteiger partial charge is 0.225 e. The summed E-state index contributed by atoms with van der Waals surface area (Å²) in [6, 6.07) is 1.70. The van der Waals surface area contributed by atoms with Gasteiger partial charge in [-0.15, -0.1) is 0 Å². The zero-order valence-electron chi connectivity index (χ0n) is 11.2. The first kappa shape index (κ1) is 14.0. The molecule has 1 atom stereocenters. The summed E-state index contributed by atoms with van der Waals surface area (Å²) in [6.07, 6.45) is 2.39. The third-order valence-corrected chi connectivity index (χ3v) is 4.70. The van der Waals surface area contributed by atoms with Crippen molar-refractivity contribution in [3.63, 3.8) is 0 Å². The number of sulfone groups is 1. The van der Waals surface area contributed by atoms with Gasteiger partial charge in [-0.1, -0.05) is 0 Å². The molecule has 1 unspecified atom stereocenters. The van der Waals surface area contributed by atoms with E-state index in [-0.39, 0.29) is 23.5 Å². The Kier molecular flexibility index (Phi) is 4.24. The second-order valence-corrected chi connectivity index (χ2v) is 7.26. The number of hydrogen-bond acceptors (Lipinski definition) is 6. The van der Waals surface area contributed by atoms with Gasteiger partial charge in [-0.05, 0) is 26.2 Å². The van der Waals surface area contributed by atoms with Crippen molar-refractivity contribution >= 4 is 15.8 Å². The highest BCUT2D eigenvalue weighted by Gasteiger charge is 2.27. The van der Waals surface area contributed by atoms with Gasteiger partial charge in [-0.3, -0.25) is 0 Å². The molecule has 1 aliphatic rings. The number of rotatable bonds is 5. The van der Waals surface area contributed by atoms with Crippen molar-refractivity contribution < 1.29 is 13.2 Å². The largest absolute Gasteiger partial charge is 0.475 e. The Hall–Kier alpha value is -1.37. The van der Waals surface area contributed by atoms with Crippen LogP contribution in [0.1, 0.15) is 20.3 Å². The highest BCUT2D eigenvalue weighted by molar-refractivity contribution is 7.91. The van der Waals surface area contributed by atoms with Crippen molar-refractivity contribution in [2.75, 3.05) is 23.4 Å². The minimum atomic E-state index is -2.83. The molecule has 6 nitrogen and oxygen atoms in total. The predicted molar refractivity (Wildman–Crippen MR) is 73.0 cm³/mol. The Bertz CT molecular complexity index is 531. The van der Waals surface area contributed by atoms with Crippen LogP contribution in [-0.2, 0) is 9.84 Å². The van der Waals surface area contributed by atoms with Crippen LogP contribution in [0.5, 0.6) is 5.88 Å². The third-order valence-electron chi connectivity index (χ3n) is 2.86. The molecule has 19 heavy (non-hydrogen) atoms. The van der Waals surface area contributed by atoms with Gasteiger partial charge >= 0.3 is 0 Å². The fourth-order valence-corrected chi connectivity index (χ4v) is 3.86. The summed E-state index contributed by atoms with van der Waals surface area (Å²) >= 11 is 0. The van der Waals surface area contributed by atoms with Gasteiger partial charge < -0.3 is 10.1 Å². The number of hydrogen-bond donors (Lipinski definition) is 1. The average molecular weight is 285 g/mol. The lowest BCUT2D eigenvalue weighted by Crippen LogP contribution is -2.17. The maximum Gasteiger partial charge on any atom is 0.225 e. The van der Waals surface area contributed by atoms with E-state index < -0.39 is 9.84 Å². The molecule has 0 radical (unpaired) electrons. The van der Waals surface area contributed by atoms with Crippen LogP contribution in [0, 0.1) is 5.92 Å². The third kappa shape index (κ3) is 4.34. The second kappa shape index (κ2) is 5.73. The molecule has 0 aromatic carbocycles. The first-order valence-electron chi connectivity index (χ1n) is 6.38. The predicted octanol–water partition coefficient (Wildman–Crippen LogP) is 1.11. The first-order valence-corrected chi connectivity index (χ1v) is 8.21. The molecule has 1 aromatic heterocycles. The van der Waals surface area contributed by atoms with Crippen LogP contribution < -0.4 is 10.1 Å². The van der Waals surface area contributed by atoms with E-state index in [0.29, 0.717) is 24.8 Å². The zero-order valence-corrected chi connectivity index (χ0v) is 12.0. The number of anilines is 1. The van der Waals surface area contributed by atoms with Crippen molar-refractivity contribution in [1.29, 1.82) is 0 Å². The molecule has 7 heteroatoms. The quantitative estimate of drug-likeness (QED) is 0.873. The number of nitrogens with one attached hydrogen (secondary N) is 1. The van der Waals surface area contributed by atoms with E-state index in [1.54, 1.807) is 12.3 Å². The number of nitrogens with zero attached hydrogens (tertiary/aromatic N) is 2. The van der Waals surface area contributed by atoms with Crippen molar-refractivity contribution in [2.45, 2.75) is 26.4 Å². The van der Waals surface area contributed by atoms with Gasteiger partial charge in [0.25, 0.3) is 0 Å². The second-order valence-electron chi connectivity index (χ2n) is 5.04. The maximum absolute atomic E-state index is 11.3. The summed E-state index contributed by atoms with van der Waals surface area (Å²) in [5.74, 6) is 1.68. The summed E-state index contributed by atoms with van der Waals surface area (Å²) in [4.78, 5) is 8.31. The standard InChI is InChI=1S/C12H19N3O3S/c1-9(2)18-11-3-5-13-12(15-11)14-7-10-4-6-19(16,17)8-10/h3,5,9-10H,4,6-8H2,1-2H3,(H,13,14,15). The number of ether oxygens (including phenoxy) is 1. The molecule has 1 N–H and O–H groups in total. The van der Waals surface area contributed by atoms with Crippen molar-refractivity contribution in [3.05, 3.63) is 12.3 Å². The molecular formula is C12H19N3O3S. The van der Waals surface area contributed by atoms with Gasteiger partial charge in [-0.2, -0.15) is 4.98 Å². The Morgan fingerprint density at radius 3 is 2.95 bits per heavy atom. The molecule has 0 saturated carbocycles. The van der Waals surface area contributed by atoms with Gasteiger partial charge in [0.1, 0.15) is 0 Å². The van der Waals surface area contributed by atoms with Crippen LogP contribution in [0.15, 0.2) is 12.3 Å². The maximum atomic E-state index is 11.3. The van der Waals surface area contributed by atoms with Crippen molar-refractivity contribution in [1.82, 2.24) is 9.97 Å². The topological polar surface area (TPSA) is 81.2 Å². The average Bonchev–Trinajstić information content (AvgIpc) is 2.66. The molecular weight excluding hydrogens is 266 g/mol. The van der Waals surface area contributed by atoms with E-state index in [1.165, 1.54) is 0 Å². The molecule has 0 amide bonds. The van der Waals surface area contributed by atoms with Gasteiger partial charge in [0.05, 0.1) is 17.6 Å². The molecule has 2 rings (SSSR count). The zero-order chi connectivity index (χ0) is 13.9. The van der Waals surface area contributed by atoms with Crippen LogP contribution in [-0.4, -0.2) is 42.5 Å². The highest BCUT2D eigenvalue weighted by atomic mass is 32.2.